The summed E-state index contributed by atoms with van der Waals surface area (Å²) in [5.41, 5.74) is 5.39. The van der Waals surface area contributed by atoms with E-state index < -0.39 is 17.3 Å². The monoisotopic (exact) mass is 265 g/mol. The van der Waals surface area contributed by atoms with E-state index in [9.17, 15) is 9.18 Å². The molecule has 3 N–H and O–H groups in total. The normalized spacial score (nSPS) is 10.3. The highest BCUT2D eigenvalue weighted by atomic mass is 32.2. The van der Waals surface area contributed by atoms with Gasteiger partial charge >= 0.3 is 5.97 Å². The number of aromatic carboxylic acids is 1. The molecule has 2 rings (SSSR count). The standard InChI is InChI=1S/C11H8FN3O2S/c12-7-5-9(8(13)4-6(7)10(16)17)18-11-14-2-1-3-15-11/h1-5H,13H2,(H,16,17). The number of rotatable bonds is 3. The van der Waals surface area contributed by atoms with Crippen molar-refractivity contribution < 1.29 is 14.3 Å². The van der Waals surface area contributed by atoms with Gasteiger partial charge in [0.15, 0.2) is 5.16 Å². The average molecular weight is 265 g/mol. The Hall–Kier alpha value is -2.15. The number of aromatic nitrogens is 2. The second-order valence-corrected chi connectivity index (χ2v) is 4.32. The number of hydrogen-bond donors (Lipinski definition) is 2. The Morgan fingerprint density at radius 3 is 2.61 bits per heavy atom. The first-order valence-electron chi connectivity index (χ1n) is 4.85. The SMILES string of the molecule is Nc1cc(C(=O)O)c(F)cc1Sc1ncccn1. The lowest BCUT2D eigenvalue weighted by Gasteiger charge is -2.06. The summed E-state index contributed by atoms with van der Waals surface area (Å²) in [6, 6.07) is 3.81. The van der Waals surface area contributed by atoms with Crippen molar-refractivity contribution in [3.63, 3.8) is 0 Å². The molecule has 0 fully saturated rings. The fourth-order valence-electron chi connectivity index (χ4n) is 1.26. The van der Waals surface area contributed by atoms with Gasteiger partial charge in [-0.05, 0) is 30.0 Å². The zero-order chi connectivity index (χ0) is 13.1. The lowest BCUT2D eigenvalue weighted by atomic mass is 10.2. The molecule has 0 aliphatic heterocycles. The summed E-state index contributed by atoms with van der Waals surface area (Å²) in [7, 11) is 0. The van der Waals surface area contributed by atoms with Gasteiger partial charge in [-0.25, -0.2) is 19.2 Å². The molecule has 0 saturated carbocycles. The van der Waals surface area contributed by atoms with E-state index >= 15 is 0 Å². The van der Waals surface area contributed by atoms with Crippen molar-refractivity contribution in [3.05, 3.63) is 42.0 Å². The number of hydrogen-bond acceptors (Lipinski definition) is 5. The van der Waals surface area contributed by atoms with Crippen LogP contribution in [-0.4, -0.2) is 21.0 Å². The minimum Gasteiger partial charge on any atom is -0.478 e. The molecule has 1 aromatic heterocycles. The van der Waals surface area contributed by atoms with Crippen molar-refractivity contribution in [2.45, 2.75) is 10.1 Å². The summed E-state index contributed by atoms with van der Waals surface area (Å²) < 4.78 is 13.5. The number of carbonyl (C=O) groups is 1. The molecule has 18 heavy (non-hydrogen) atoms. The van der Waals surface area contributed by atoms with Crippen LogP contribution in [0.4, 0.5) is 10.1 Å². The molecule has 0 aliphatic carbocycles. The van der Waals surface area contributed by atoms with Crippen molar-refractivity contribution in [2.24, 2.45) is 0 Å². The van der Waals surface area contributed by atoms with Gasteiger partial charge < -0.3 is 10.8 Å². The molecule has 0 amide bonds. The first-order valence-corrected chi connectivity index (χ1v) is 5.67. The maximum atomic E-state index is 13.5. The van der Waals surface area contributed by atoms with E-state index in [-0.39, 0.29) is 5.69 Å². The zero-order valence-electron chi connectivity index (χ0n) is 9.00. The molecule has 1 aromatic carbocycles. The van der Waals surface area contributed by atoms with Crippen LogP contribution in [0.15, 0.2) is 40.6 Å². The molecule has 0 spiro atoms. The fourth-order valence-corrected chi connectivity index (χ4v) is 2.02. The third-order valence-corrected chi connectivity index (χ3v) is 3.04. The first-order chi connectivity index (χ1) is 8.58. The molecule has 0 atom stereocenters. The van der Waals surface area contributed by atoms with Crippen molar-refractivity contribution in [1.29, 1.82) is 0 Å². The van der Waals surface area contributed by atoms with E-state index in [2.05, 4.69) is 9.97 Å². The Morgan fingerprint density at radius 1 is 1.33 bits per heavy atom. The van der Waals surface area contributed by atoms with Crippen molar-refractivity contribution in [1.82, 2.24) is 9.97 Å². The lowest BCUT2D eigenvalue weighted by molar-refractivity contribution is 0.0692. The Balaban J connectivity index is 2.35. The van der Waals surface area contributed by atoms with Crippen LogP contribution in [0.25, 0.3) is 0 Å². The van der Waals surface area contributed by atoms with E-state index in [1.54, 1.807) is 18.5 Å². The van der Waals surface area contributed by atoms with Gasteiger partial charge in [0, 0.05) is 23.0 Å². The average Bonchev–Trinajstić information content (AvgIpc) is 2.34. The van der Waals surface area contributed by atoms with Crippen molar-refractivity contribution in [2.75, 3.05) is 5.73 Å². The first kappa shape index (κ1) is 12.3. The van der Waals surface area contributed by atoms with Crippen LogP contribution in [0.5, 0.6) is 0 Å². The fraction of sp³-hybridized carbons (Fsp3) is 0. The minimum absolute atomic E-state index is 0.172. The van der Waals surface area contributed by atoms with Gasteiger partial charge in [0.1, 0.15) is 5.82 Å². The highest BCUT2D eigenvalue weighted by Gasteiger charge is 2.14. The third kappa shape index (κ3) is 2.57. The van der Waals surface area contributed by atoms with Crippen molar-refractivity contribution >= 4 is 23.4 Å². The summed E-state index contributed by atoms with van der Waals surface area (Å²) in [6.07, 6.45) is 3.10. The Morgan fingerprint density at radius 2 is 2.00 bits per heavy atom. The molecule has 92 valence electrons. The van der Waals surface area contributed by atoms with Crippen LogP contribution in [0.2, 0.25) is 0 Å². The molecule has 2 aromatic rings. The number of benzene rings is 1. The van der Waals surface area contributed by atoms with Crippen LogP contribution in [0.1, 0.15) is 10.4 Å². The number of anilines is 1. The Bertz CT molecular complexity index is 592. The van der Waals surface area contributed by atoms with E-state index in [1.807, 2.05) is 0 Å². The van der Waals surface area contributed by atoms with Crippen LogP contribution >= 0.6 is 11.8 Å². The molecule has 7 heteroatoms. The van der Waals surface area contributed by atoms with Gasteiger partial charge in [-0.1, -0.05) is 0 Å². The van der Waals surface area contributed by atoms with Crippen LogP contribution in [0.3, 0.4) is 0 Å². The molecule has 0 aliphatic rings. The zero-order valence-corrected chi connectivity index (χ0v) is 9.82. The smallest absolute Gasteiger partial charge is 0.338 e. The molecule has 0 radical (unpaired) electrons. The third-order valence-electron chi connectivity index (χ3n) is 2.07. The molecular weight excluding hydrogens is 257 g/mol. The number of nitrogen functional groups attached to an aromatic ring is 1. The number of carboxylic acid groups (broad SMARTS) is 1. The number of nitrogens with two attached hydrogens (primary N) is 1. The van der Waals surface area contributed by atoms with E-state index in [4.69, 9.17) is 10.8 Å². The summed E-state index contributed by atoms with van der Waals surface area (Å²) in [5, 5.41) is 9.15. The molecule has 0 unspecified atom stereocenters. The van der Waals surface area contributed by atoms with Crippen LogP contribution in [-0.2, 0) is 0 Å². The number of nitrogens with zero attached hydrogens (tertiary/aromatic N) is 2. The van der Waals surface area contributed by atoms with E-state index in [0.717, 1.165) is 23.9 Å². The predicted octanol–water partition coefficient (Wildman–Crippen LogP) is 2.05. The largest absolute Gasteiger partial charge is 0.478 e. The number of carboxylic acids is 1. The molecule has 0 saturated heterocycles. The summed E-state index contributed by atoms with van der Waals surface area (Å²) >= 11 is 1.07. The minimum atomic E-state index is -1.35. The molecule has 5 nitrogen and oxygen atoms in total. The van der Waals surface area contributed by atoms with Gasteiger partial charge in [0.2, 0.25) is 0 Å². The second kappa shape index (κ2) is 5.01. The summed E-state index contributed by atoms with van der Waals surface area (Å²) in [4.78, 5) is 19.0. The Kier molecular flexibility index (Phi) is 3.42. The van der Waals surface area contributed by atoms with E-state index in [1.165, 1.54) is 0 Å². The van der Waals surface area contributed by atoms with Gasteiger partial charge in [0.25, 0.3) is 0 Å². The lowest BCUT2D eigenvalue weighted by Crippen LogP contribution is -2.03. The van der Waals surface area contributed by atoms with Gasteiger partial charge in [-0.2, -0.15) is 0 Å². The highest BCUT2D eigenvalue weighted by molar-refractivity contribution is 7.99. The maximum absolute atomic E-state index is 13.5. The predicted molar refractivity (Wildman–Crippen MR) is 63.9 cm³/mol. The summed E-state index contributed by atoms with van der Waals surface area (Å²) in [6.45, 7) is 0. The van der Waals surface area contributed by atoms with E-state index in [0.29, 0.717) is 10.1 Å². The van der Waals surface area contributed by atoms with Gasteiger partial charge in [0.05, 0.1) is 5.56 Å². The molecule has 1 heterocycles. The topological polar surface area (TPSA) is 89.1 Å². The van der Waals surface area contributed by atoms with Crippen LogP contribution in [0, 0.1) is 5.82 Å². The maximum Gasteiger partial charge on any atom is 0.338 e. The molecular formula is C11H8FN3O2S. The second-order valence-electron chi connectivity index (χ2n) is 3.31. The Labute approximate surface area is 106 Å². The van der Waals surface area contributed by atoms with Crippen molar-refractivity contribution in [3.8, 4) is 0 Å². The summed E-state index contributed by atoms with van der Waals surface area (Å²) in [5.74, 6) is -2.19. The highest BCUT2D eigenvalue weighted by Crippen LogP contribution is 2.31. The van der Waals surface area contributed by atoms with Gasteiger partial charge in [-0.15, -0.1) is 0 Å². The quantitative estimate of drug-likeness (QED) is 0.652. The number of halogens is 1. The van der Waals surface area contributed by atoms with Gasteiger partial charge in [-0.3, -0.25) is 0 Å². The molecule has 0 bridgehead atoms. The van der Waals surface area contributed by atoms with Crippen LogP contribution < -0.4 is 5.73 Å².